The molecular weight excluding hydrogens is 482 g/mol. The summed E-state index contributed by atoms with van der Waals surface area (Å²) in [6.07, 6.45) is 0. The fraction of sp³-hybridized carbons (Fsp3) is 0.269. The fourth-order valence-electron chi connectivity index (χ4n) is 4.23. The third-order valence-corrected chi connectivity index (χ3v) is 8.24. The van der Waals surface area contributed by atoms with E-state index < -0.39 is 10.1 Å². The quantitative estimate of drug-likeness (QED) is 0.334. The van der Waals surface area contributed by atoms with Gasteiger partial charge in [0.05, 0.1) is 11.8 Å². The molecule has 1 aromatic heterocycles. The van der Waals surface area contributed by atoms with Gasteiger partial charge < -0.3 is 13.8 Å². The van der Waals surface area contributed by atoms with E-state index in [9.17, 15) is 8.42 Å². The molecule has 3 aromatic carbocycles. The van der Waals surface area contributed by atoms with E-state index in [2.05, 4.69) is 32.4 Å². The predicted molar refractivity (Wildman–Crippen MR) is 139 cm³/mol. The lowest BCUT2D eigenvalue weighted by Crippen LogP contribution is -2.46. The smallest absolute Gasteiger partial charge is 0.339 e. The average Bonchev–Trinajstić information content (AvgIpc) is 3.29. The topological polar surface area (TPSA) is 72.0 Å². The molecule has 0 radical (unpaired) electrons. The van der Waals surface area contributed by atoms with E-state index >= 15 is 0 Å². The third-order valence-electron chi connectivity index (χ3n) is 6.17. The second-order valence-corrected chi connectivity index (χ2v) is 11.0. The van der Waals surface area contributed by atoms with Crippen molar-refractivity contribution in [3.05, 3.63) is 77.9 Å². The third kappa shape index (κ3) is 5.12. The molecule has 0 N–H and O–H groups in total. The van der Waals surface area contributed by atoms with E-state index in [-0.39, 0.29) is 10.6 Å². The van der Waals surface area contributed by atoms with Gasteiger partial charge in [0.1, 0.15) is 10.7 Å². The Morgan fingerprint density at radius 1 is 0.943 bits per heavy atom. The Morgan fingerprint density at radius 2 is 1.69 bits per heavy atom. The van der Waals surface area contributed by atoms with Crippen LogP contribution in [0.5, 0.6) is 11.5 Å². The zero-order valence-corrected chi connectivity index (χ0v) is 21.3. The Morgan fingerprint density at radius 3 is 2.43 bits per heavy atom. The number of anilines is 1. The van der Waals surface area contributed by atoms with Crippen molar-refractivity contribution < 1.29 is 17.3 Å². The minimum Gasteiger partial charge on any atom is -0.493 e. The first-order valence-corrected chi connectivity index (χ1v) is 13.6. The molecule has 9 heteroatoms. The minimum absolute atomic E-state index is 0.112. The number of aromatic nitrogens is 1. The number of fused-ring (bicyclic) bond motifs is 1. The van der Waals surface area contributed by atoms with Crippen LogP contribution in [0.15, 0.2) is 71.6 Å². The number of methoxy groups -OCH3 is 1. The molecule has 7 nitrogen and oxygen atoms in total. The Hall–Kier alpha value is -3.14. The molecule has 2 heterocycles. The first kappa shape index (κ1) is 23.6. The van der Waals surface area contributed by atoms with Gasteiger partial charge in [0.2, 0.25) is 0 Å². The maximum absolute atomic E-state index is 12.8. The van der Waals surface area contributed by atoms with Gasteiger partial charge in [-0.15, -0.1) is 0 Å². The largest absolute Gasteiger partial charge is 0.493 e. The highest BCUT2D eigenvalue weighted by atomic mass is 32.2. The van der Waals surface area contributed by atoms with E-state index in [1.807, 2.05) is 19.1 Å². The summed E-state index contributed by atoms with van der Waals surface area (Å²) in [4.78, 5) is 4.80. The molecule has 1 aliphatic rings. The molecule has 1 fully saturated rings. The molecular formula is C26H27N3O4S2. The van der Waals surface area contributed by atoms with E-state index in [1.165, 1.54) is 28.7 Å². The molecule has 0 saturated carbocycles. The Balaban J connectivity index is 1.27. The summed E-state index contributed by atoms with van der Waals surface area (Å²) in [6, 6.07) is 20.4. The normalized spacial score (nSPS) is 14.9. The summed E-state index contributed by atoms with van der Waals surface area (Å²) in [5.41, 5.74) is 1.94. The van der Waals surface area contributed by atoms with Gasteiger partial charge in [0, 0.05) is 38.1 Å². The van der Waals surface area contributed by atoms with Crippen LogP contribution in [-0.4, -0.2) is 51.0 Å². The summed E-state index contributed by atoms with van der Waals surface area (Å²) in [5.74, 6) is 1.63. The number of benzene rings is 3. The number of hydrogen-bond acceptors (Lipinski definition) is 8. The first-order valence-electron chi connectivity index (χ1n) is 11.4. The molecule has 1 saturated heterocycles. The number of aryl methyl sites for hydroxylation is 1. The van der Waals surface area contributed by atoms with Crippen LogP contribution in [-0.2, 0) is 16.7 Å². The van der Waals surface area contributed by atoms with Crippen molar-refractivity contribution in [3.8, 4) is 11.5 Å². The predicted octanol–water partition coefficient (Wildman–Crippen LogP) is 4.70. The van der Waals surface area contributed by atoms with Crippen LogP contribution in [0.2, 0.25) is 0 Å². The van der Waals surface area contributed by atoms with Gasteiger partial charge in [-0.3, -0.25) is 4.90 Å². The molecule has 35 heavy (non-hydrogen) atoms. The maximum Gasteiger partial charge on any atom is 0.339 e. The Bertz CT molecular complexity index is 1430. The number of rotatable bonds is 7. The van der Waals surface area contributed by atoms with Gasteiger partial charge >= 0.3 is 10.1 Å². The van der Waals surface area contributed by atoms with Crippen molar-refractivity contribution in [1.29, 1.82) is 0 Å². The molecule has 0 spiro atoms. The highest BCUT2D eigenvalue weighted by Crippen LogP contribution is 2.32. The van der Waals surface area contributed by atoms with Crippen molar-refractivity contribution in [2.24, 2.45) is 0 Å². The number of nitrogens with zero attached hydrogens (tertiary/aromatic N) is 3. The minimum atomic E-state index is -3.97. The molecule has 182 valence electrons. The van der Waals surface area contributed by atoms with Crippen LogP contribution in [0.25, 0.3) is 10.1 Å². The van der Waals surface area contributed by atoms with Crippen molar-refractivity contribution in [1.82, 2.24) is 9.27 Å². The van der Waals surface area contributed by atoms with Crippen LogP contribution in [0.4, 0.5) is 5.82 Å². The second kappa shape index (κ2) is 9.85. The van der Waals surface area contributed by atoms with E-state index in [1.54, 1.807) is 36.4 Å². The lowest BCUT2D eigenvalue weighted by molar-refractivity contribution is 0.249. The van der Waals surface area contributed by atoms with Crippen LogP contribution < -0.4 is 13.8 Å². The highest BCUT2D eigenvalue weighted by molar-refractivity contribution is 7.87. The highest BCUT2D eigenvalue weighted by Gasteiger charge is 2.23. The average molecular weight is 510 g/mol. The summed E-state index contributed by atoms with van der Waals surface area (Å²) >= 11 is 1.54. The number of piperazine rings is 1. The molecule has 4 aromatic rings. The lowest BCUT2D eigenvalue weighted by atomic mass is 10.1. The van der Waals surface area contributed by atoms with Crippen LogP contribution in [0.1, 0.15) is 11.1 Å². The standard InChI is InChI=1S/C26H27N3O4S2/c1-19-7-10-21(11-8-19)35(30,31)33-24-17-20(9-12-23(24)32-2)18-28-13-15-29(16-14-28)26-22-5-3-4-6-25(22)34-27-26/h3-12,17H,13-16,18H2,1-2H3. The van der Waals surface area contributed by atoms with Gasteiger partial charge in [-0.05, 0) is 60.4 Å². The molecule has 5 rings (SSSR count). The monoisotopic (exact) mass is 509 g/mol. The zero-order chi connectivity index (χ0) is 24.4. The van der Waals surface area contributed by atoms with E-state index in [0.717, 1.165) is 43.1 Å². The summed E-state index contributed by atoms with van der Waals surface area (Å²) in [7, 11) is -2.47. The molecule has 0 atom stereocenters. The molecule has 0 bridgehead atoms. The second-order valence-electron chi connectivity index (χ2n) is 8.60. The molecule has 1 aliphatic heterocycles. The van der Waals surface area contributed by atoms with Gasteiger partial charge in [-0.25, -0.2) is 0 Å². The van der Waals surface area contributed by atoms with Crippen LogP contribution in [0.3, 0.4) is 0 Å². The summed E-state index contributed by atoms with van der Waals surface area (Å²) in [5, 5.41) is 1.21. The molecule has 0 unspecified atom stereocenters. The number of ether oxygens (including phenoxy) is 1. The van der Waals surface area contributed by atoms with Gasteiger partial charge in [0.15, 0.2) is 11.5 Å². The first-order chi connectivity index (χ1) is 16.9. The summed E-state index contributed by atoms with van der Waals surface area (Å²) < 4.78 is 42.4. The molecule has 0 aliphatic carbocycles. The van der Waals surface area contributed by atoms with Crippen molar-refractivity contribution in [3.63, 3.8) is 0 Å². The van der Waals surface area contributed by atoms with Gasteiger partial charge in [-0.2, -0.15) is 12.8 Å². The maximum atomic E-state index is 12.8. The lowest BCUT2D eigenvalue weighted by Gasteiger charge is -2.35. The van der Waals surface area contributed by atoms with Crippen molar-refractivity contribution in [2.45, 2.75) is 18.4 Å². The van der Waals surface area contributed by atoms with E-state index in [0.29, 0.717) is 12.3 Å². The Kier molecular flexibility index (Phi) is 6.64. The molecule has 0 amide bonds. The van der Waals surface area contributed by atoms with Gasteiger partial charge in [-0.1, -0.05) is 35.9 Å². The van der Waals surface area contributed by atoms with Crippen molar-refractivity contribution >= 4 is 37.6 Å². The summed E-state index contributed by atoms with van der Waals surface area (Å²) in [6.45, 7) is 6.13. The fourth-order valence-corrected chi connectivity index (χ4v) is 5.96. The van der Waals surface area contributed by atoms with Crippen LogP contribution >= 0.6 is 11.5 Å². The Labute approximate surface area is 209 Å². The number of hydrogen-bond donors (Lipinski definition) is 0. The van der Waals surface area contributed by atoms with Crippen LogP contribution in [0, 0.1) is 6.92 Å². The van der Waals surface area contributed by atoms with Crippen molar-refractivity contribution in [2.75, 3.05) is 38.2 Å². The zero-order valence-electron chi connectivity index (χ0n) is 19.7. The van der Waals surface area contributed by atoms with E-state index in [4.69, 9.17) is 8.92 Å². The van der Waals surface area contributed by atoms with Gasteiger partial charge in [0.25, 0.3) is 0 Å². The SMILES string of the molecule is COc1ccc(CN2CCN(c3nsc4ccccc34)CC2)cc1OS(=O)(=O)c1ccc(C)cc1.